The Morgan fingerprint density at radius 2 is 0.608 bits per heavy atom. The molecule has 0 spiro atoms. The highest BCUT2D eigenvalue weighted by atomic mass is 16.6. The van der Waals surface area contributed by atoms with Gasteiger partial charge in [-0.25, -0.2) is 0 Å². The van der Waals surface area contributed by atoms with Crippen LogP contribution in [0.5, 0.6) is 0 Å². The lowest BCUT2D eigenvalue weighted by Crippen LogP contribution is -2.48. The minimum Gasteiger partial charge on any atom is -0.871 e. The van der Waals surface area contributed by atoms with Crippen molar-refractivity contribution in [3.05, 3.63) is 179 Å². The van der Waals surface area contributed by atoms with Crippen LogP contribution in [0.25, 0.3) is 0 Å². The Bertz CT molecular complexity index is 1820. The lowest BCUT2D eigenvalue weighted by Gasteiger charge is -2.37. The summed E-state index contributed by atoms with van der Waals surface area (Å²) in [4.78, 5) is 0. The van der Waals surface area contributed by atoms with E-state index in [1.54, 1.807) is 0 Å². The molecule has 5 aromatic rings. The molecule has 0 atom stereocenters. The molecule has 0 fully saturated rings. The molecule has 6 heteroatoms. The van der Waals surface area contributed by atoms with Crippen molar-refractivity contribution in [1.29, 1.82) is 0 Å². The molecule has 0 radical (unpaired) electrons. The lowest BCUT2D eigenvalue weighted by atomic mass is 9.67. The standard InChI is InChI=1S/2C23H42N.C22H21BO3/c2*1-4-5-6-7-8-9-10-11-12-13-14-18-21-24(2,3)22-23-19-16-15-17-20-23;24-23(25)26-18-10-17-22(19-11-4-1-5-12-19,20-13-6-2-7-14-20)21-15-8-3-9-16-21/h2*15-17,19-20H,4-14,18,21-22H2,1-3H3;1-9,11-16H,10,17-18H2/q2*+1;-2. The Morgan fingerprint density at radius 1 is 0.351 bits per heavy atom. The van der Waals surface area contributed by atoms with Crippen LogP contribution in [0.15, 0.2) is 152 Å². The van der Waals surface area contributed by atoms with Gasteiger partial charge in [0, 0.05) is 23.1 Å². The maximum absolute atomic E-state index is 10.7. The zero-order chi connectivity index (χ0) is 53.3. The number of unbranched alkanes of at least 4 members (excludes halogenated alkanes) is 22. The average molecular weight is 1010 g/mol. The van der Waals surface area contributed by atoms with E-state index in [9.17, 15) is 10.0 Å². The van der Waals surface area contributed by atoms with Gasteiger partial charge in [0.15, 0.2) is 0 Å². The third-order valence-corrected chi connectivity index (χ3v) is 14.9. The summed E-state index contributed by atoms with van der Waals surface area (Å²) in [6, 6.07) is 52.9. The van der Waals surface area contributed by atoms with Gasteiger partial charge in [0.05, 0.1) is 48.6 Å². The molecule has 0 bridgehead atoms. The largest absolute Gasteiger partial charge is 0.871 e. The summed E-state index contributed by atoms with van der Waals surface area (Å²) >= 11 is 0. The molecule has 0 saturated heterocycles. The van der Waals surface area contributed by atoms with E-state index in [1.807, 2.05) is 54.6 Å². The van der Waals surface area contributed by atoms with E-state index < -0.39 is 7.32 Å². The van der Waals surface area contributed by atoms with Crippen molar-refractivity contribution in [3.8, 4) is 0 Å². The second-order valence-corrected chi connectivity index (χ2v) is 22.7. The Labute approximate surface area is 455 Å². The molecule has 5 nitrogen and oxygen atoms in total. The molecular weight excluding hydrogens is 904 g/mol. The van der Waals surface area contributed by atoms with Gasteiger partial charge >= 0.3 is 0 Å². The Hall–Kier alpha value is -4.04. The van der Waals surface area contributed by atoms with Crippen molar-refractivity contribution in [2.45, 2.75) is 199 Å². The number of benzene rings is 5. The molecule has 0 N–H and O–H groups in total. The smallest absolute Gasteiger partial charge is 0.104 e. The highest BCUT2D eigenvalue weighted by Gasteiger charge is 2.35. The van der Waals surface area contributed by atoms with Crippen molar-refractivity contribution in [1.82, 2.24) is 0 Å². The molecule has 0 aliphatic carbocycles. The third-order valence-electron chi connectivity index (χ3n) is 14.9. The fourth-order valence-electron chi connectivity index (χ4n) is 10.7. The highest BCUT2D eigenvalue weighted by Crippen LogP contribution is 2.43. The van der Waals surface area contributed by atoms with E-state index >= 15 is 0 Å². The number of rotatable bonds is 38. The molecule has 0 heterocycles. The molecular formula is C68H105BN2O3. The number of hydrogen-bond donors (Lipinski definition) is 0. The summed E-state index contributed by atoms with van der Waals surface area (Å²) in [7, 11) is 7.24. The summed E-state index contributed by atoms with van der Waals surface area (Å²) in [5.41, 5.74) is 6.09. The van der Waals surface area contributed by atoms with Crippen LogP contribution in [-0.4, -0.2) is 64.2 Å². The summed E-state index contributed by atoms with van der Waals surface area (Å²) < 4.78 is 6.96. The summed E-state index contributed by atoms with van der Waals surface area (Å²) in [6.07, 6.45) is 35.8. The number of quaternary nitrogens is 2. The second kappa shape index (κ2) is 40.2. The molecule has 408 valence electrons. The van der Waals surface area contributed by atoms with Crippen LogP contribution in [0, 0.1) is 0 Å². The van der Waals surface area contributed by atoms with E-state index in [4.69, 9.17) is 4.65 Å². The monoisotopic (exact) mass is 1010 g/mol. The quantitative estimate of drug-likeness (QED) is 0.0171. The summed E-state index contributed by atoms with van der Waals surface area (Å²) in [5, 5.41) is 21.4. The van der Waals surface area contributed by atoms with Gasteiger partial charge in [0.1, 0.15) is 13.1 Å². The van der Waals surface area contributed by atoms with E-state index in [-0.39, 0.29) is 12.0 Å². The van der Waals surface area contributed by atoms with Gasteiger partial charge in [-0.1, -0.05) is 294 Å². The summed E-state index contributed by atoms with van der Waals surface area (Å²) in [5.74, 6) is 0. The van der Waals surface area contributed by atoms with Gasteiger partial charge < -0.3 is 23.7 Å². The van der Waals surface area contributed by atoms with Crippen LogP contribution in [0.1, 0.15) is 209 Å². The van der Waals surface area contributed by atoms with Crippen LogP contribution >= 0.6 is 0 Å². The molecule has 0 unspecified atom stereocenters. The molecule has 5 aromatic carbocycles. The van der Waals surface area contributed by atoms with Gasteiger partial charge in [-0.15, -0.1) is 0 Å². The van der Waals surface area contributed by atoms with E-state index in [2.05, 4.69) is 139 Å². The zero-order valence-electron chi connectivity index (χ0n) is 48.1. The van der Waals surface area contributed by atoms with Gasteiger partial charge in [-0.2, -0.15) is 0 Å². The van der Waals surface area contributed by atoms with Crippen molar-refractivity contribution in [3.63, 3.8) is 0 Å². The van der Waals surface area contributed by atoms with Crippen LogP contribution in [0.2, 0.25) is 0 Å². The third kappa shape index (κ3) is 29.3. The van der Waals surface area contributed by atoms with Crippen molar-refractivity contribution in [2.75, 3.05) is 47.9 Å². The Morgan fingerprint density at radius 3 is 0.878 bits per heavy atom. The molecule has 0 amide bonds. The molecule has 74 heavy (non-hydrogen) atoms. The first-order chi connectivity index (χ1) is 36.0. The average Bonchev–Trinajstić information content (AvgIpc) is 3.41. The molecule has 0 saturated carbocycles. The first kappa shape index (κ1) is 64.3. The maximum atomic E-state index is 10.7. The normalized spacial score (nSPS) is 11.6. The fraction of sp³-hybridized carbons (Fsp3) is 0.559. The predicted octanol–water partition coefficient (Wildman–Crippen LogP) is 16.5. The van der Waals surface area contributed by atoms with Crippen LogP contribution in [-0.2, 0) is 23.2 Å². The van der Waals surface area contributed by atoms with Crippen LogP contribution < -0.4 is 10.0 Å². The SMILES string of the molecule is CCCCCCCCCCCCCC[N+](C)(C)Cc1ccccc1.CCCCCCCCCCCCCC[N+](C)(C)Cc1ccccc1.[O-]B([O-])OCCCC(c1ccccc1)(c1ccccc1)c1ccccc1. The number of nitrogens with zero attached hydrogens (tertiary/aromatic N) is 2. The van der Waals surface area contributed by atoms with Crippen LogP contribution in [0.4, 0.5) is 0 Å². The maximum Gasteiger partial charge on any atom is 0.104 e. The van der Waals surface area contributed by atoms with Gasteiger partial charge in [-0.05, 0) is 55.2 Å². The first-order valence-corrected chi connectivity index (χ1v) is 29.8. The van der Waals surface area contributed by atoms with Crippen molar-refractivity contribution < 1.29 is 23.7 Å². The molecule has 0 aliphatic rings. The van der Waals surface area contributed by atoms with E-state index in [0.29, 0.717) is 6.42 Å². The van der Waals surface area contributed by atoms with E-state index in [0.717, 1.165) is 28.5 Å². The zero-order valence-corrected chi connectivity index (χ0v) is 48.1. The van der Waals surface area contributed by atoms with Gasteiger partial charge in [0.2, 0.25) is 0 Å². The van der Waals surface area contributed by atoms with Crippen LogP contribution in [0.3, 0.4) is 0 Å². The van der Waals surface area contributed by atoms with Gasteiger partial charge in [0.25, 0.3) is 0 Å². The topological polar surface area (TPSA) is 55.3 Å². The number of hydrogen-bond acceptors (Lipinski definition) is 3. The predicted molar refractivity (Wildman–Crippen MR) is 317 cm³/mol. The Balaban J connectivity index is 0.000000293. The Kier molecular flexibility index (Phi) is 34.9. The van der Waals surface area contributed by atoms with E-state index in [1.165, 1.54) is 195 Å². The molecule has 5 rings (SSSR count). The summed E-state index contributed by atoms with van der Waals surface area (Å²) in [6.45, 7) is 9.64. The second-order valence-electron chi connectivity index (χ2n) is 22.7. The van der Waals surface area contributed by atoms with Crippen molar-refractivity contribution >= 4 is 7.32 Å². The first-order valence-electron chi connectivity index (χ1n) is 29.8. The lowest BCUT2D eigenvalue weighted by molar-refractivity contribution is -0.903. The highest BCUT2D eigenvalue weighted by molar-refractivity contribution is 6.28. The molecule has 0 aliphatic heterocycles. The van der Waals surface area contributed by atoms with Gasteiger partial charge in [-0.3, -0.25) is 0 Å². The molecule has 0 aromatic heterocycles. The minimum absolute atomic E-state index is 0.159. The fourth-order valence-corrected chi connectivity index (χ4v) is 10.7. The minimum atomic E-state index is -2.23. The van der Waals surface area contributed by atoms with Crippen molar-refractivity contribution in [2.24, 2.45) is 0 Å².